The lowest BCUT2D eigenvalue weighted by Crippen LogP contribution is -2.46. The summed E-state index contributed by atoms with van der Waals surface area (Å²) in [5, 5.41) is 2.79. The molecule has 1 heterocycles. The summed E-state index contributed by atoms with van der Waals surface area (Å²) in [6, 6.07) is 3.58. The highest BCUT2D eigenvalue weighted by molar-refractivity contribution is 6.02. The van der Waals surface area contributed by atoms with Gasteiger partial charge < -0.3 is 15.0 Å². The molecule has 0 spiro atoms. The number of nitrogens with one attached hydrogen (secondary N) is 1. The van der Waals surface area contributed by atoms with E-state index in [4.69, 9.17) is 4.74 Å². The molecule has 1 aromatic rings. The standard InChI is InChI=1S/C15H17FN2O3/c1-21-12-8-10(16)4-5-11(12)18-7-6-13(19)17-14(15(18)20)9-2-3-9/h4-5,8-9,14H,2-3,6-7H2,1H3,(H,17,19). The maximum Gasteiger partial charge on any atom is 0.249 e. The lowest BCUT2D eigenvalue weighted by Gasteiger charge is -2.25. The van der Waals surface area contributed by atoms with Crippen molar-refractivity contribution in [2.45, 2.75) is 25.3 Å². The Morgan fingerprint density at radius 2 is 2.10 bits per heavy atom. The zero-order valence-corrected chi connectivity index (χ0v) is 11.8. The number of methoxy groups -OCH3 is 1. The van der Waals surface area contributed by atoms with Crippen molar-refractivity contribution < 1.29 is 18.7 Å². The summed E-state index contributed by atoms with van der Waals surface area (Å²) in [6.45, 7) is 0.274. The van der Waals surface area contributed by atoms with Crippen LogP contribution in [-0.2, 0) is 9.59 Å². The first-order valence-electron chi connectivity index (χ1n) is 7.04. The molecule has 5 nitrogen and oxygen atoms in total. The number of carbonyl (C=O) groups excluding carboxylic acids is 2. The van der Waals surface area contributed by atoms with Gasteiger partial charge in [-0.25, -0.2) is 4.39 Å². The molecule has 0 radical (unpaired) electrons. The predicted molar refractivity (Wildman–Crippen MR) is 74.6 cm³/mol. The molecule has 0 bridgehead atoms. The number of rotatable bonds is 3. The van der Waals surface area contributed by atoms with E-state index in [1.165, 1.54) is 30.2 Å². The van der Waals surface area contributed by atoms with Crippen molar-refractivity contribution >= 4 is 17.5 Å². The van der Waals surface area contributed by atoms with Gasteiger partial charge >= 0.3 is 0 Å². The second-order valence-electron chi connectivity index (χ2n) is 5.44. The van der Waals surface area contributed by atoms with Gasteiger partial charge in [-0.05, 0) is 30.9 Å². The van der Waals surface area contributed by atoms with Crippen LogP contribution in [0.1, 0.15) is 19.3 Å². The first-order valence-corrected chi connectivity index (χ1v) is 7.04. The van der Waals surface area contributed by atoms with Crippen LogP contribution >= 0.6 is 0 Å². The van der Waals surface area contributed by atoms with Gasteiger partial charge in [0, 0.05) is 19.0 Å². The van der Waals surface area contributed by atoms with Gasteiger partial charge in [0.15, 0.2) is 0 Å². The molecular formula is C15H17FN2O3. The summed E-state index contributed by atoms with van der Waals surface area (Å²) in [6.07, 6.45) is 2.13. The first-order chi connectivity index (χ1) is 10.1. The predicted octanol–water partition coefficient (Wildman–Crippen LogP) is 1.47. The molecule has 2 fully saturated rings. The molecular weight excluding hydrogens is 275 g/mol. The minimum atomic E-state index is -0.477. The highest BCUT2D eigenvalue weighted by Crippen LogP contribution is 2.36. The molecule has 1 aliphatic carbocycles. The zero-order valence-electron chi connectivity index (χ0n) is 11.8. The van der Waals surface area contributed by atoms with E-state index in [0.717, 1.165) is 12.8 Å². The third kappa shape index (κ3) is 2.70. The number of hydrogen-bond acceptors (Lipinski definition) is 3. The number of hydrogen-bond donors (Lipinski definition) is 1. The summed E-state index contributed by atoms with van der Waals surface area (Å²) >= 11 is 0. The Morgan fingerprint density at radius 3 is 2.76 bits per heavy atom. The van der Waals surface area contributed by atoms with E-state index < -0.39 is 11.9 Å². The fourth-order valence-corrected chi connectivity index (χ4v) is 2.66. The van der Waals surface area contributed by atoms with Crippen molar-refractivity contribution in [3.8, 4) is 5.75 Å². The van der Waals surface area contributed by atoms with E-state index in [1.807, 2.05) is 0 Å². The van der Waals surface area contributed by atoms with Crippen LogP contribution < -0.4 is 15.0 Å². The summed E-state index contributed by atoms with van der Waals surface area (Å²) in [4.78, 5) is 26.0. The van der Waals surface area contributed by atoms with Gasteiger partial charge in [0.1, 0.15) is 17.6 Å². The number of anilines is 1. The van der Waals surface area contributed by atoms with Crippen molar-refractivity contribution in [2.75, 3.05) is 18.6 Å². The van der Waals surface area contributed by atoms with E-state index in [0.29, 0.717) is 11.4 Å². The molecule has 1 N–H and O–H groups in total. The second-order valence-corrected chi connectivity index (χ2v) is 5.44. The van der Waals surface area contributed by atoms with E-state index in [2.05, 4.69) is 5.32 Å². The van der Waals surface area contributed by atoms with Gasteiger partial charge in [-0.3, -0.25) is 9.59 Å². The van der Waals surface area contributed by atoms with Crippen LogP contribution in [0.3, 0.4) is 0 Å². The maximum atomic E-state index is 13.3. The third-order valence-corrected chi connectivity index (χ3v) is 3.94. The van der Waals surface area contributed by atoms with Gasteiger partial charge in [-0.1, -0.05) is 0 Å². The second kappa shape index (κ2) is 5.35. The van der Waals surface area contributed by atoms with Gasteiger partial charge in [-0.2, -0.15) is 0 Å². The molecule has 1 atom stereocenters. The summed E-state index contributed by atoms with van der Waals surface area (Å²) in [5.41, 5.74) is 0.506. The average molecular weight is 292 g/mol. The van der Waals surface area contributed by atoms with E-state index in [-0.39, 0.29) is 30.7 Å². The number of benzene rings is 1. The van der Waals surface area contributed by atoms with Crippen LogP contribution in [0.15, 0.2) is 18.2 Å². The first kappa shape index (κ1) is 13.9. The molecule has 1 aliphatic heterocycles. The number of ether oxygens (including phenoxy) is 1. The zero-order chi connectivity index (χ0) is 15.0. The molecule has 112 valence electrons. The number of nitrogens with zero attached hydrogens (tertiary/aromatic N) is 1. The van der Waals surface area contributed by atoms with Gasteiger partial charge in [0.2, 0.25) is 11.8 Å². The Balaban J connectivity index is 1.95. The lowest BCUT2D eigenvalue weighted by molar-refractivity contribution is -0.126. The van der Waals surface area contributed by atoms with E-state index in [1.54, 1.807) is 0 Å². The molecule has 3 rings (SSSR count). The monoisotopic (exact) mass is 292 g/mol. The molecule has 1 saturated heterocycles. The largest absolute Gasteiger partial charge is 0.494 e. The van der Waals surface area contributed by atoms with Gasteiger partial charge in [-0.15, -0.1) is 0 Å². The molecule has 2 aliphatic rings. The number of carbonyl (C=O) groups is 2. The molecule has 2 amide bonds. The smallest absolute Gasteiger partial charge is 0.249 e. The maximum absolute atomic E-state index is 13.3. The van der Waals surface area contributed by atoms with Crippen LogP contribution in [0.2, 0.25) is 0 Å². The number of amides is 2. The van der Waals surface area contributed by atoms with Crippen LogP contribution in [0.4, 0.5) is 10.1 Å². The van der Waals surface area contributed by atoms with E-state index >= 15 is 0 Å². The van der Waals surface area contributed by atoms with E-state index in [9.17, 15) is 14.0 Å². The SMILES string of the molecule is COc1cc(F)ccc1N1CCC(=O)NC(C2CC2)C1=O. The molecule has 1 aromatic carbocycles. The summed E-state index contributed by atoms with van der Waals surface area (Å²) in [7, 11) is 1.43. The fraction of sp³-hybridized carbons (Fsp3) is 0.467. The van der Waals surface area contributed by atoms with Crippen LogP contribution in [-0.4, -0.2) is 31.5 Å². The molecule has 1 saturated carbocycles. The normalized spacial score (nSPS) is 22.8. The van der Waals surface area contributed by atoms with Gasteiger partial charge in [0.05, 0.1) is 12.8 Å². The highest BCUT2D eigenvalue weighted by Gasteiger charge is 2.41. The van der Waals surface area contributed by atoms with Crippen molar-refractivity contribution in [3.05, 3.63) is 24.0 Å². The van der Waals surface area contributed by atoms with Crippen molar-refractivity contribution in [1.82, 2.24) is 5.32 Å². The van der Waals surface area contributed by atoms with Crippen LogP contribution in [0, 0.1) is 11.7 Å². The van der Waals surface area contributed by atoms with Crippen LogP contribution in [0.25, 0.3) is 0 Å². The fourth-order valence-electron chi connectivity index (χ4n) is 2.66. The number of halogens is 1. The molecule has 0 aromatic heterocycles. The Morgan fingerprint density at radius 1 is 1.33 bits per heavy atom. The van der Waals surface area contributed by atoms with Crippen molar-refractivity contribution in [1.29, 1.82) is 0 Å². The molecule has 1 unspecified atom stereocenters. The minimum absolute atomic E-state index is 0.121. The summed E-state index contributed by atoms with van der Waals surface area (Å²) in [5.74, 6) is -0.177. The van der Waals surface area contributed by atoms with Gasteiger partial charge in [0.25, 0.3) is 0 Å². The average Bonchev–Trinajstić information content (AvgIpc) is 3.29. The minimum Gasteiger partial charge on any atom is -0.494 e. The Hall–Kier alpha value is -2.11. The highest BCUT2D eigenvalue weighted by atomic mass is 19.1. The molecule has 6 heteroatoms. The summed E-state index contributed by atoms with van der Waals surface area (Å²) < 4.78 is 18.5. The lowest BCUT2D eigenvalue weighted by atomic mass is 10.1. The van der Waals surface area contributed by atoms with Crippen molar-refractivity contribution in [2.24, 2.45) is 5.92 Å². The third-order valence-electron chi connectivity index (χ3n) is 3.94. The quantitative estimate of drug-likeness (QED) is 0.917. The Labute approximate surface area is 122 Å². The van der Waals surface area contributed by atoms with Crippen molar-refractivity contribution in [3.63, 3.8) is 0 Å². The Kier molecular flexibility index (Phi) is 3.53. The van der Waals surface area contributed by atoms with Crippen LogP contribution in [0.5, 0.6) is 5.75 Å². The topological polar surface area (TPSA) is 58.6 Å². The Bertz CT molecular complexity index is 586. The molecule has 21 heavy (non-hydrogen) atoms.